The van der Waals surface area contributed by atoms with Crippen LogP contribution in [0.1, 0.15) is 10.6 Å². The molecular formula is C12H14ClN3OS. The van der Waals surface area contributed by atoms with Crippen molar-refractivity contribution in [3.8, 4) is 5.75 Å². The van der Waals surface area contributed by atoms with Gasteiger partial charge in [-0.1, -0.05) is 23.5 Å². The molecule has 0 saturated carbocycles. The minimum absolute atomic E-state index is 0.486. The van der Waals surface area contributed by atoms with Crippen molar-refractivity contribution in [2.24, 2.45) is 0 Å². The molecule has 1 heterocycles. The zero-order valence-electron chi connectivity index (χ0n) is 10.3. The molecule has 0 spiro atoms. The Hall–Kier alpha value is -1.17. The number of ether oxygens (including phenoxy) is 1. The lowest BCUT2D eigenvalue weighted by atomic mass is 10.2. The van der Waals surface area contributed by atoms with Crippen molar-refractivity contribution in [2.45, 2.75) is 13.1 Å². The largest absolute Gasteiger partial charge is 0.497 e. The van der Waals surface area contributed by atoms with Gasteiger partial charge < -0.3 is 4.74 Å². The molecular weight excluding hydrogens is 270 g/mol. The summed E-state index contributed by atoms with van der Waals surface area (Å²) in [6.07, 6.45) is 0. The first-order chi connectivity index (χ1) is 8.67. The fourth-order valence-electron chi connectivity index (χ4n) is 1.67. The molecule has 0 atom stereocenters. The number of methoxy groups -OCH3 is 1. The summed E-state index contributed by atoms with van der Waals surface area (Å²) >= 11 is 7.16. The molecule has 0 fully saturated rings. The molecule has 1 aromatic heterocycles. The summed E-state index contributed by atoms with van der Waals surface area (Å²) < 4.78 is 5.69. The first-order valence-corrected chi connectivity index (χ1v) is 6.66. The fourth-order valence-corrected chi connectivity index (χ4v) is 2.61. The van der Waals surface area contributed by atoms with E-state index >= 15 is 0 Å². The van der Waals surface area contributed by atoms with Gasteiger partial charge in [0.15, 0.2) is 0 Å². The summed E-state index contributed by atoms with van der Waals surface area (Å²) in [6.45, 7) is 1.57. The SMILES string of the molecule is COc1cccc(CN(C)Cc2nnc(Cl)s2)c1. The average molecular weight is 284 g/mol. The Labute approximate surface area is 115 Å². The van der Waals surface area contributed by atoms with Crippen molar-refractivity contribution in [3.63, 3.8) is 0 Å². The Morgan fingerprint density at radius 3 is 2.83 bits per heavy atom. The highest BCUT2D eigenvalue weighted by atomic mass is 35.5. The molecule has 1 aromatic carbocycles. The average Bonchev–Trinajstić information content (AvgIpc) is 2.74. The van der Waals surface area contributed by atoms with Gasteiger partial charge in [0.1, 0.15) is 10.8 Å². The molecule has 0 aliphatic rings. The summed E-state index contributed by atoms with van der Waals surface area (Å²) in [7, 11) is 3.71. The van der Waals surface area contributed by atoms with Crippen molar-refractivity contribution in [1.82, 2.24) is 15.1 Å². The van der Waals surface area contributed by atoms with Gasteiger partial charge in [0.2, 0.25) is 4.47 Å². The van der Waals surface area contributed by atoms with Gasteiger partial charge in [0.05, 0.1) is 13.7 Å². The van der Waals surface area contributed by atoms with E-state index in [1.807, 2.05) is 25.2 Å². The van der Waals surface area contributed by atoms with E-state index in [1.165, 1.54) is 16.9 Å². The molecule has 4 nitrogen and oxygen atoms in total. The van der Waals surface area contributed by atoms with Crippen LogP contribution in [0.5, 0.6) is 5.75 Å². The predicted octanol–water partition coefficient (Wildman–Crippen LogP) is 2.83. The summed E-state index contributed by atoms with van der Waals surface area (Å²) in [5.74, 6) is 0.875. The molecule has 0 saturated heterocycles. The van der Waals surface area contributed by atoms with Gasteiger partial charge in [-0.25, -0.2) is 0 Å². The molecule has 0 aliphatic carbocycles. The second kappa shape index (κ2) is 6.13. The number of rotatable bonds is 5. The monoisotopic (exact) mass is 283 g/mol. The van der Waals surface area contributed by atoms with Gasteiger partial charge >= 0.3 is 0 Å². The quantitative estimate of drug-likeness (QED) is 0.846. The lowest BCUT2D eigenvalue weighted by Gasteiger charge is -2.15. The van der Waals surface area contributed by atoms with E-state index in [0.717, 1.165) is 23.8 Å². The maximum absolute atomic E-state index is 5.75. The normalized spacial score (nSPS) is 10.9. The molecule has 0 N–H and O–H groups in total. The Bertz CT molecular complexity index is 518. The van der Waals surface area contributed by atoms with E-state index in [0.29, 0.717) is 4.47 Å². The first-order valence-electron chi connectivity index (χ1n) is 5.46. The van der Waals surface area contributed by atoms with E-state index < -0.39 is 0 Å². The summed E-state index contributed by atoms with van der Waals surface area (Å²) in [4.78, 5) is 2.16. The fraction of sp³-hybridized carbons (Fsp3) is 0.333. The molecule has 18 heavy (non-hydrogen) atoms. The maximum Gasteiger partial charge on any atom is 0.207 e. The van der Waals surface area contributed by atoms with Crippen LogP contribution in [0.4, 0.5) is 0 Å². The lowest BCUT2D eigenvalue weighted by molar-refractivity contribution is 0.317. The predicted molar refractivity (Wildman–Crippen MR) is 73.1 cm³/mol. The number of halogens is 1. The van der Waals surface area contributed by atoms with Crippen LogP contribution < -0.4 is 4.74 Å². The van der Waals surface area contributed by atoms with E-state index in [4.69, 9.17) is 16.3 Å². The summed E-state index contributed by atoms with van der Waals surface area (Å²) in [5, 5.41) is 8.71. The van der Waals surface area contributed by atoms with Gasteiger partial charge in [0, 0.05) is 6.54 Å². The zero-order valence-corrected chi connectivity index (χ0v) is 11.8. The molecule has 6 heteroatoms. The van der Waals surface area contributed by atoms with E-state index in [2.05, 4.69) is 21.2 Å². The van der Waals surface area contributed by atoms with Crippen LogP contribution in [0.25, 0.3) is 0 Å². The molecule has 0 bridgehead atoms. The van der Waals surface area contributed by atoms with E-state index in [1.54, 1.807) is 7.11 Å². The van der Waals surface area contributed by atoms with Crippen LogP contribution in [-0.2, 0) is 13.1 Å². The number of hydrogen-bond acceptors (Lipinski definition) is 5. The van der Waals surface area contributed by atoms with Gasteiger partial charge in [-0.3, -0.25) is 4.90 Å². The molecule has 0 unspecified atom stereocenters. The maximum atomic E-state index is 5.75. The van der Waals surface area contributed by atoms with E-state index in [-0.39, 0.29) is 0 Å². The second-order valence-electron chi connectivity index (χ2n) is 3.97. The van der Waals surface area contributed by atoms with Crippen molar-refractivity contribution in [3.05, 3.63) is 39.3 Å². The Balaban J connectivity index is 1.96. The second-order valence-corrected chi connectivity index (χ2v) is 5.62. The van der Waals surface area contributed by atoms with Crippen molar-refractivity contribution in [2.75, 3.05) is 14.2 Å². The third-order valence-corrected chi connectivity index (χ3v) is 3.44. The van der Waals surface area contributed by atoms with Gasteiger partial charge in [0.25, 0.3) is 0 Å². The summed E-state index contributed by atoms with van der Waals surface area (Å²) in [6, 6.07) is 8.04. The van der Waals surface area contributed by atoms with Crippen LogP contribution in [-0.4, -0.2) is 29.3 Å². The van der Waals surface area contributed by atoms with Crippen LogP contribution in [0.2, 0.25) is 4.47 Å². The number of benzene rings is 1. The molecule has 96 valence electrons. The van der Waals surface area contributed by atoms with Crippen LogP contribution in [0.3, 0.4) is 0 Å². The molecule has 2 aromatic rings. The highest BCUT2D eigenvalue weighted by molar-refractivity contribution is 7.15. The first kappa shape index (κ1) is 13.3. The van der Waals surface area contributed by atoms with Crippen molar-refractivity contribution < 1.29 is 4.74 Å². The Morgan fingerprint density at radius 1 is 1.33 bits per heavy atom. The van der Waals surface area contributed by atoms with Gasteiger partial charge in [-0.2, -0.15) is 0 Å². The van der Waals surface area contributed by atoms with E-state index in [9.17, 15) is 0 Å². The third-order valence-electron chi connectivity index (χ3n) is 2.43. The van der Waals surface area contributed by atoms with Gasteiger partial charge in [-0.15, -0.1) is 10.2 Å². The van der Waals surface area contributed by atoms with Crippen LogP contribution >= 0.6 is 22.9 Å². The standard InChI is InChI=1S/C12H14ClN3OS/c1-16(8-11-14-15-12(13)18-11)7-9-4-3-5-10(6-9)17-2/h3-6H,7-8H2,1-2H3. The minimum Gasteiger partial charge on any atom is -0.497 e. The lowest BCUT2D eigenvalue weighted by Crippen LogP contribution is -2.17. The minimum atomic E-state index is 0.486. The molecule has 0 aliphatic heterocycles. The molecule has 0 amide bonds. The number of aromatic nitrogens is 2. The number of nitrogens with zero attached hydrogens (tertiary/aromatic N) is 3. The Morgan fingerprint density at radius 2 is 2.17 bits per heavy atom. The molecule has 2 rings (SSSR count). The van der Waals surface area contributed by atoms with Crippen LogP contribution in [0.15, 0.2) is 24.3 Å². The zero-order chi connectivity index (χ0) is 13.0. The smallest absolute Gasteiger partial charge is 0.207 e. The number of hydrogen-bond donors (Lipinski definition) is 0. The van der Waals surface area contributed by atoms with Crippen molar-refractivity contribution >= 4 is 22.9 Å². The highest BCUT2D eigenvalue weighted by Gasteiger charge is 2.07. The summed E-state index contributed by atoms with van der Waals surface area (Å²) in [5.41, 5.74) is 1.20. The third kappa shape index (κ3) is 3.66. The topological polar surface area (TPSA) is 38.2 Å². The van der Waals surface area contributed by atoms with Crippen LogP contribution in [0, 0.1) is 0 Å². The van der Waals surface area contributed by atoms with Crippen molar-refractivity contribution in [1.29, 1.82) is 0 Å². The van der Waals surface area contributed by atoms with Gasteiger partial charge in [-0.05, 0) is 36.3 Å². The molecule has 0 radical (unpaired) electrons. The Kier molecular flexibility index (Phi) is 4.52. The highest BCUT2D eigenvalue weighted by Crippen LogP contribution is 2.18.